The predicted molar refractivity (Wildman–Crippen MR) is 90.6 cm³/mol. The summed E-state index contributed by atoms with van der Waals surface area (Å²) < 4.78 is 14.1. The second-order valence-electron chi connectivity index (χ2n) is 5.19. The van der Waals surface area contributed by atoms with Crippen LogP contribution in [-0.2, 0) is 6.42 Å². The van der Waals surface area contributed by atoms with Crippen molar-refractivity contribution >= 4 is 27.3 Å². The molecule has 1 atom stereocenters. The summed E-state index contributed by atoms with van der Waals surface area (Å²) in [6.07, 6.45) is 0.849. The molecule has 2 nitrogen and oxygen atoms in total. The molecule has 2 aromatic rings. The van der Waals surface area contributed by atoms with Gasteiger partial charge in [-0.05, 0) is 78.2 Å². The van der Waals surface area contributed by atoms with Gasteiger partial charge in [-0.25, -0.2) is 4.39 Å². The third-order valence-electron chi connectivity index (χ3n) is 3.32. The van der Waals surface area contributed by atoms with Gasteiger partial charge in [0.1, 0.15) is 5.82 Å². The van der Waals surface area contributed by atoms with E-state index in [9.17, 15) is 4.39 Å². The Kier molecular flexibility index (Phi) is 5.37. The lowest BCUT2D eigenvalue weighted by Crippen LogP contribution is -2.19. The van der Waals surface area contributed by atoms with E-state index >= 15 is 0 Å². The smallest absolute Gasteiger partial charge is 0.123 e. The van der Waals surface area contributed by atoms with E-state index in [-0.39, 0.29) is 11.9 Å². The maximum atomic E-state index is 13.1. The van der Waals surface area contributed by atoms with Crippen LogP contribution < -0.4 is 10.6 Å². The highest BCUT2D eigenvalue weighted by molar-refractivity contribution is 9.10. The molecule has 0 aliphatic rings. The van der Waals surface area contributed by atoms with Gasteiger partial charge in [-0.3, -0.25) is 0 Å². The van der Waals surface area contributed by atoms with Crippen molar-refractivity contribution in [3.05, 3.63) is 58.3 Å². The first-order chi connectivity index (χ1) is 10.0. The Morgan fingerprint density at radius 3 is 2.38 bits per heavy atom. The van der Waals surface area contributed by atoms with Gasteiger partial charge in [0.05, 0.1) is 5.69 Å². The third kappa shape index (κ3) is 4.05. The van der Waals surface area contributed by atoms with Gasteiger partial charge in [0, 0.05) is 22.7 Å². The molecule has 0 saturated heterocycles. The van der Waals surface area contributed by atoms with Crippen LogP contribution in [0.5, 0.6) is 0 Å². The number of nitrogens with two attached hydrogens (primary N) is 1. The molecule has 21 heavy (non-hydrogen) atoms. The Bertz CT molecular complexity index is 596. The van der Waals surface area contributed by atoms with Gasteiger partial charge in [0.15, 0.2) is 0 Å². The molecule has 0 aliphatic carbocycles. The molecule has 0 aromatic heterocycles. The molecule has 2 rings (SSSR count). The number of halogens is 2. The van der Waals surface area contributed by atoms with Crippen molar-refractivity contribution in [3.63, 3.8) is 0 Å². The first-order valence-corrected chi connectivity index (χ1v) is 7.87. The second kappa shape index (κ2) is 7.05. The van der Waals surface area contributed by atoms with Gasteiger partial charge >= 0.3 is 0 Å². The fourth-order valence-corrected chi connectivity index (χ4v) is 3.02. The van der Waals surface area contributed by atoms with Gasteiger partial charge in [-0.1, -0.05) is 6.07 Å². The molecular weight excluding hydrogens is 331 g/mol. The Labute approximate surface area is 133 Å². The van der Waals surface area contributed by atoms with Crippen LogP contribution in [0.4, 0.5) is 15.8 Å². The molecule has 4 heteroatoms. The van der Waals surface area contributed by atoms with Crippen molar-refractivity contribution in [2.75, 3.05) is 11.4 Å². The monoisotopic (exact) mass is 350 g/mol. The topological polar surface area (TPSA) is 29.3 Å². The van der Waals surface area contributed by atoms with Crippen LogP contribution in [0.3, 0.4) is 0 Å². The van der Waals surface area contributed by atoms with Crippen molar-refractivity contribution in [2.45, 2.75) is 26.3 Å². The zero-order chi connectivity index (χ0) is 15.4. The molecule has 0 spiro atoms. The van der Waals surface area contributed by atoms with Gasteiger partial charge in [-0.15, -0.1) is 0 Å². The molecule has 0 amide bonds. The van der Waals surface area contributed by atoms with Crippen LogP contribution >= 0.6 is 15.9 Å². The maximum Gasteiger partial charge on any atom is 0.123 e. The van der Waals surface area contributed by atoms with Crippen LogP contribution in [0.2, 0.25) is 0 Å². The predicted octanol–water partition coefficient (Wildman–Crippen LogP) is 4.64. The summed E-state index contributed by atoms with van der Waals surface area (Å²) in [6, 6.07) is 13.0. The molecule has 0 radical (unpaired) electrons. The lowest BCUT2D eigenvalue weighted by atomic mass is 10.1. The maximum absolute atomic E-state index is 13.1. The lowest BCUT2D eigenvalue weighted by Gasteiger charge is -2.25. The molecule has 0 heterocycles. The van der Waals surface area contributed by atoms with Crippen LogP contribution in [0, 0.1) is 5.82 Å². The van der Waals surface area contributed by atoms with E-state index in [0.29, 0.717) is 0 Å². The summed E-state index contributed by atoms with van der Waals surface area (Å²) in [4.78, 5) is 2.14. The van der Waals surface area contributed by atoms with E-state index in [0.717, 1.165) is 28.8 Å². The first kappa shape index (κ1) is 16.0. The number of benzene rings is 2. The zero-order valence-corrected chi connectivity index (χ0v) is 13.9. The summed E-state index contributed by atoms with van der Waals surface area (Å²) in [5, 5.41) is 0. The molecule has 0 aliphatic heterocycles. The molecule has 2 N–H and O–H groups in total. The third-order valence-corrected chi connectivity index (χ3v) is 3.95. The number of anilines is 2. The molecule has 0 bridgehead atoms. The minimum absolute atomic E-state index is 0.141. The van der Waals surface area contributed by atoms with Crippen molar-refractivity contribution in [1.29, 1.82) is 0 Å². The largest absolute Gasteiger partial charge is 0.341 e. The van der Waals surface area contributed by atoms with Crippen LogP contribution in [-0.4, -0.2) is 12.6 Å². The quantitative estimate of drug-likeness (QED) is 0.851. The lowest BCUT2D eigenvalue weighted by molar-refractivity contribution is 0.628. The highest BCUT2D eigenvalue weighted by Crippen LogP contribution is 2.33. The van der Waals surface area contributed by atoms with E-state index < -0.39 is 0 Å². The number of nitrogens with zero attached hydrogens (tertiary/aromatic N) is 1. The molecule has 112 valence electrons. The molecule has 0 saturated carbocycles. The Morgan fingerprint density at radius 1 is 1.19 bits per heavy atom. The Hall–Kier alpha value is -1.39. The normalized spacial score (nSPS) is 12.2. The van der Waals surface area contributed by atoms with Crippen molar-refractivity contribution in [1.82, 2.24) is 0 Å². The fraction of sp³-hybridized carbons (Fsp3) is 0.294. The van der Waals surface area contributed by atoms with Crippen molar-refractivity contribution in [2.24, 2.45) is 5.73 Å². The highest BCUT2D eigenvalue weighted by atomic mass is 79.9. The van der Waals surface area contributed by atoms with E-state index in [1.165, 1.54) is 17.7 Å². The summed E-state index contributed by atoms with van der Waals surface area (Å²) in [5.41, 5.74) is 9.09. The molecule has 1 unspecified atom stereocenters. The van der Waals surface area contributed by atoms with Gasteiger partial charge in [0.2, 0.25) is 0 Å². The van der Waals surface area contributed by atoms with Gasteiger partial charge < -0.3 is 10.6 Å². The van der Waals surface area contributed by atoms with Crippen molar-refractivity contribution in [3.8, 4) is 0 Å². The Morgan fingerprint density at radius 2 is 1.86 bits per heavy atom. The van der Waals surface area contributed by atoms with E-state index in [1.54, 1.807) is 12.1 Å². The molecule has 2 aromatic carbocycles. The van der Waals surface area contributed by atoms with Crippen LogP contribution in [0.25, 0.3) is 0 Å². The molecular formula is C17H20BrFN2. The summed E-state index contributed by atoms with van der Waals surface area (Å²) in [7, 11) is 0. The first-order valence-electron chi connectivity index (χ1n) is 7.08. The summed E-state index contributed by atoms with van der Waals surface area (Å²) >= 11 is 3.63. The second-order valence-corrected chi connectivity index (χ2v) is 6.04. The average Bonchev–Trinajstić information content (AvgIpc) is 2.43. The van der Waals surface area contributed by atoms with Crippen LogP contribution in [0.1, 0.15) is 19.4 Å². The Balaban J connectivity index is 2.32. The van der Waals surface area contributed by atoms with E-state index in [1.807, 2.05) is 6.92 Å². The summed E-state index contributed by atoms with van der Waals surface area (Å²) in [6.45, 7) is 4.88. The highest BCUT2D eigenvalue weighted by Gasteiger charge is 2.12. The zero-order valence-electron chi connectivity index (χ0n) is 12.3. The van der Waals surface area contributed by atoms with Crippen LogP contribution in [0.15, 0.2) is 46.9 Å². The number of rotatable bonds is 5. The fourth-order valence-electron chi connectivity index (χ4n) is 2.38. The van der Waals surface area contributed by atoms with Gasteiger partial charge in [0.25, 0.3) is 0 Å². The minimum atomic E-state index is -0.221. The standard InChI is InChI=1S/C17H20BrFN2/c1-3-21(15-7-5-14(19)6-8-15)17-9-4-13(10-12(2)20)11-16(17)18/h4-9,11-12H,3,10,20H2,1-2H3. The summed E-state index contributed by atoms with van der Waals surface area (Å²) in [5.74, 6) is -0.221. The number of hydrogen-bond donors (Lipinski definition) is 1. The van der Waals surface area contributed by atoms with E-state index in [4.69, 9.17) is 5.73 Å². The minimum Gasteiger partial charge on any atom is -0.341 e. The van der Waals surface area contributed by atoms with Gasteiger partial charge in [-0.2, -0.15) is 0 Å². The SMILES string of the molecule is CCN(c1ccc(F)cc1)c1ccc(CC(C)N)cc1Br. The van der Waals surface area contributed by atoms with Crippen molar-refractivity contribution < 1.29 is 4.39 Å². The van der Waals surface area contributed by atoms with E-state index in [2.05, 4.69) is 46.0 Å². The molecule has 0 fully saturated rings. The average molecular weight is 351 g/mol. The number of hydrogen-bond acceptors (Lipinski definition) is 2.